The van der Waals surface area contributed by atoms with Gasteiger partial charge in [-0.25, -0.2) is 0 Å². The lowest BCUT2D eigenvalue weighted by molar-refractivity contribution is -0.141. The maximum atomic E-state index is 11.8. The Labute approximate surface area is 112 Å². The minimum atomic E-state index is -0.781. The van der Waals surface area contributed by atoms with Crippen molar-refractivity contribution < 1.29 is 14.7 Å². The van der Waals surface area contributed by atoms with E-state index in [9.17, 15) is 9.59 Å². The van der Waals surface area contributed by atoms with E-state index in [2.05, 4.69) is 5.32 Å². The standard InChI is InChI=1S/C15H19NO3/c17-13(9-12-5-2-1-3-6-12)16-11-15(7-4-8-15)10-14(18)19/h1-3,5-6H,4,7-11H2,(H,16,17)(H,18,19). The second-order valence-electron chi connectivity index (χ2n) is 5.36. The molecule has 0 radical (unpaired) electrons. The molecule has 4 nitrogen and oxygen atoms in total. The Balaban J connectivity index is 1.81. The van der Waals surface area contributed by atoms with E-state index >= 15 is 0 Å². The second kappa shape index (κ2) is 5.87. The molecule has 1 fully saturated rings. The van der Waals surface area contributed by atoms with Gasteiger partial charge in [-0.15, -0.1) is 0 Å². The lowest BCUT2D eigenvalue weighted by Crippen LogP contribution is -2.43. The first-order chi connectivity index (χ1) is 9.10. The van der Waals surface area contributed by atoms with Crippen molar-refractivity contribution in [2.24, 2.45) is 5.41 Å². The zero-order chi connectivity index (χ0) is 13.7. The molecular weight excluding hydrogens is 242 g/mol. The number of nitrogens with one attached hydrogen (secondary N) is 1. The summed E-state index contributed by atoms with van der Waals surface area (Å²) in [4.78, 5) is 22.7. The van der Waals surface area contributed by atoms with Crippen LogP contribution in [0.1, 0.15) is 31.2 Å². The van der Waals surface area contributed by atoms with Crippen molar-refractivity contribution in [1.29, 1.82) is 0 Å². The molecule has 0 bridgehead atoms. The van der Waals surface area contributed by atoms with Gasteiger partial charge in [-0.1, -0.05) is 36.8 Å². The minimum absolute atomic E-state index is 0.0390. The molecule has 0 unspecified atom stereocenters. The number of carboxylic acid groups (broad SMARTS) is 1. The monoisotopic (exact) mass is 261 g/mol. The fourth-order valence-electron chi connectivity index (χ4n) is 2.54. The number of rotatable bonds is 6. The van der Waals surface area contributed by atoms with Gasteiger partial charge in [0.15, 0.2) is 0 Å². The Morgan fingerprint density at radius 2 is 1.89 bits per heavy atom. The van der Waals surface area contributed by atoms with Crippen LogP contribution in [0.2, 0.25) is 0 Å². The third kappa shape index (κ3) is 3.81. The molecule has 0 aliphatic heterocycles. The summed E-state index contributed by atoms with van der Waals surface area (Å²) in [6, 6.07) is 9.55. The van der Waals surface area contributed by atoms with Crippen molar-refractivity contribution in [3.05, 3.63) is 35.9 Å². The number of carbonyl (C=O) groups is 2. The molecule has 2 rings (SSSR count). The van der Waals surface area contributed by atoms with E-state index < -0.39 is 5.97 Å². The topological polar surface area (TPSA) is 66.4 Å². The van der Waals surface area contributed by atoms with Crippen LogP contribution in [0.15, 0.2) is 30.3 Å². The molecule has 4 heteroatoms. The summed E-state index contributed by atoms with van der Waals surface area (Å²) in [5.41, 5.74) is 0.763. The summed E-state index contributed by atoms with van der Waals surface area (Å²) in [6.45, 7) is 0.477. The molecule has 1 aliphatic rings. The molecule has 2 N–H and O–H groups in total. The van der Waals surface area contributed by atoms with Gasteiger partial charge in [0.05, 0.1) is 12.8 Å². The van der Waals surface area contributed by atoms with Gasteiger partial charge in [0.25, 0.3) is 0 Å². The maximum Gasteiger partial charge on any atom is 0.303 e. The summed E-state index contributed by atoms with van der Waals surface area (Å²) in [7, 11) is 0. The first kappa shape index (κ1) is 13.6. The SMILES string of the molecule is O=C(O)CC1(CNC(=O)Cc2ccccc2)CCC1. The van der Waals surface area contributed by atoms with E-state index in [1.807, 2.05) is 30.3 Å². The van der Waals surface area contributed by atoms with Crippen molar-refractivity contribution in [2.75, 3.05) is 6.54 Å². The van der Waals surface area contributed by atoms with E-state index in [1.165, 1.54) is 0 Å². The second-order valence-corrected chi connectivity index (χ2v) is 5.36. The smallest absolute Gasteiger partial charge is 0.303 e. The van der Waals surface area contributed by atoms with Crippen LogP contribution in [0.5, 0.6) is 0 Å². The van der Waals surface area contributed by atoms with Crippen LogP contribution in [-0.4, -0.2) is 23.5 Å². The molecular formula is C15H19NO3. The quantitative estimate of drug-likeness (QED) is 0.823. The fourth-order valence-corrected chi connectivity index (χ4v) is 2.54. The number of carbonyl (C=O) groups excluding carboxylic acids is 1. The summed E-state index contributed by atoms with van der Waals surface area (Å²) < 4.78 is 0. The third-order valence-electron chi connectivity index (χ3n) is 3.81. The lowest BCUT2D eigenvalue weighted by atomic mass is 9.66. The van der Waals surface area contributed by atoms with Crippen LogP contribution < -0.4 is 5.32 Å². The highest BCUT2D eigenvalue weighted by atomic mass is 16.4. The van der Waals surface area contributed by atoms with E-state index in [-0.39, 0.29) is 17.7 Å². The highest BCUT2D eigenvalue weighted by Gasteiger charge is 2.39. The normalized spacial score (nSPS) is 16.4. The molecule has 1 aromatic carbocycles. The van der Waals surface area contributed by atoms with Crippen molar-refractivity contribution in [1.82, 2.24) is 5.32 Å². The third-order valence-corrected chi connectivity index (χ3v) is 3.81. The fraction of sp³-hybridized carbons (Fsp3) is 0.467. The number of benzene rings is 1. The predicted octanol–water partition coefficient (Wildman–Crippen LogP) is 1.99. The van der Waals surface area contributed by atoms with Crippen molar-refractivity contribution in [3.63, 3.8) is 0 Å². The Morgan fingerprint density at radius 3 is 2.42 bits per heavy atom. The molecule has 1 aromatic rings. The van der Waals surface area contributed by atoms with Gasteiger partial charge >= 0.3 is 5.97 Å². The lowest BCUT2D eigenvalue weighted by Gasteiger charge is -2.40. The van der Waals surface area contributed by atoms with Gasteiger partial charge in [0.1, 0.15) is 0 Å². The predicted molar refractivity (Wildman–Crippen MR) is 71.7 cm³/mol. The summed E-state index contributed by atoms with van der Waals surface area (Å²) in [5, 5.41) is 11.8. The molecule has 0 spiro atoms. The molecule has 1 aliphatic carbocycles. The minimum Gasteiger partial charge on any atom is -0.481 e. The van der Waals surface area contributed by atoms with Crippen LogP contribution >= 0.6 is 0 Å². The van der Waals surface area contributed by atoms with Gasteiger partial charge in [-0.05, 0) is 23.8 Å². The highest BCUT2D eigenvalue weighted by molar-refractivity contribution is 5.78. The van der Waals surface area contributed by atoms with Crippen LogP contribution in [-0.2, 0) is 16.0 Å². The molecule has 102 valence electrons. The molecule has 19 heavy (non-hydrogen) atoms. The maximum absolute atomic E-state index is 11.8. The van der Waals surface area contributed by atoms with Crippen LogP contribution in [0.25, 0.3) is 0 Å². The van der Waals surface area contributed by atoms with Crippen molar-refractivity contribution >= 4 is 11.9 Å². The molecule has 1 saturated carbocycles. The zero-order valence-electron chi connectivity index (χ0n) is 10.9. The average molecular weight is 261 g/mol. The van der Waals surface area contributed by atoms with E-state index in [4.69, 9.17) is 5.11 Å². The van der Waals surface area contributed by atoms with Gasteiger partial charge in [0.2, 0.25) is 5.91 Å². The Kier molecular flexibility index (Phi) is 4.20. The van der Waals surface area contributed by atoms with Gasteiger partial charge in [0, 0.05) is 6.54 Å². The molecule has 1 amide bonds. The van der Waals surface area contributed by atoms with Gasteiger partial charge in [-0.2, -0.15) is 0 Å². The number of hydrogen-bond acceptors (Lipinski definition) is 2. The average Bonchev–Trinajstić information content (AvgIpc) is 2.33. The first-order valence-electron chi connectivity index (χ1n) is 6.62. The van der Waals surface area contributed by atoms with Gasteiger partial charge in [-0.3, -0.25) is 9.59 Å². The Bertz CT molecular complexity index is 452. The van der Waals surface area contributed by atoms with E-state index in [1.54, 1.807) is 0 Å². The number of hydrogen-bond donors (Lipinski definition) is 2. The number of carboxylic acids is 1. The first-order valence-corrected chi connectivity index (χ1v) is 6.62. The van der Waals surface area contributed by atoms with E-state index in [0.29, 0.717) is 13.0 Å². The van der Waals surface area contributed by atoms with Crippen LogP contribution in [0.3, 0.4) is 0 Å². The zero-order valence-corrected chi connectivity index (χ0v) is 10.9. The molecule has 0 saturated heterocycles. The van der Waals surface area contributed by atoms with E-state index in [0.717, 1.165) is 24.8 Å². The van der Waals surface area contributed by atoms with Crippen LogP contribution in [0.4, 0.5) is 0 Å². The van der Waals surface area contributed by atoms with Crippen LogP contribution in [0, 0.1) is 5.41 Å². The molecule has 0 heterocycles. The summed E-state index contributed by atoms with van der Waals surface area (Å²) in [5.74, 6) is -0.820. The summed E-state index contributed by atoms with van der Waals surface area (Å²) in [6.07, 6.45) is 3.35. The number of aliphatic carboxylic acids is 1. The molecule has 0 aromatic heterocycles. The Hall–Kier alpha value is -1.84. The molecule has 0 atom stereocenters. The number of amides is 1. The van der Waals surface area contributed by atoms with Crippen molar-refractivity contribution in [3.8, 4) is 0 Å². The highest BCUT2D eigenvalue weighted by Crippen LogP contribution is 2.43. The van der Waals surface area contributed by atoms with Crippen molar-refractivity contribution in [2.45, 2.75) is 32.1 Å². The summed E-state index contributed by atoms with van der Waals surface area (Å²) >= 11 is 0. The Morgan fingerprint density at radius 1 is 1.21 bits per heavy atom. The largest absolute Gasteiger partial charge is 0.481 e. The van der Waals surface area contributed by atoms with Gasteiger partial charge < -0.3 is 10.4 Å².